The van der Waals surface area contributed by atoms with E-state index >= 15 is 0 Å². The van der Waals surface area contributed by atoms with Gasteiger partial charge < -0.3 is 13.7 Å². The fourth-order valence-electron chi connectivity index (χ4n) is 15.7. The summed E-state index contributed by atoms with van der Waals surface area (Å²) in [6, 6.07) is 90.9. The number of benzene rings is 11. The van der Waals surface area contributed by atoms with Crippen LogP contribution >= 0.6 is 22.7 Å². The number of fused-ring (bicyclic) bond motifs is 18. The van der Waals surface area contributed by atoms with Gasteiger partial charge in [-0.05, 0) is 168 Å². The lowest BCUT2D eigenvalue weighted by molar-refractivity contribution is 0.877. The molecule has 2 aliphatic rings. The maximum absolute atomic E-state index is 5.16. The molecule has 0 amide bonds. The third kappa shape index (κ3) is 7.21. The Bertz CT molecular complexity index is 6180. The van der Waals surface area contributed by atoms with Crippen molar-refractivity contribution < 1.29 is 0 Å². The SMILES string of the molecule is C1=Cc2c(c3cc(-n4c5ccccc5c5c(-c6cccc7c6c6ccccc6n7-c6ccc7sc8c(-n9c%10c(c%11ccccc%119)C=CCC%10)nccc8c7c6)cccc54)ccc3n2-c2cccc(-c3cccc(-c4cccc5c4sc4ccccc45)c3)c2)CC1. The van der Waals surface area contributed by atoms with Crippen LogP contribution in [-0.4, -0.2) is 23.3 Å². The van der Waals surface area contributed by atoms with Crippen molar-refractivity contribution in [3.05, 3.63) is 284 Å². The minimum Gasteiger partial charge on any atom is -0.310 e. The molecule has 422 valence electrons. The third-order valence-electron chi connectivity index (χ3n) is 19.6. The molecule has 0 saturated carbocycles. The summed E-state index contributed by atoms with van der Waals surface area (Å²) in [6.07, 6.45) is 15.4. The Balaban J connectivity index is 0.708. The molecule has 5 nitrogen and oxygen atoms in total. The second kappa shape index (κ2) is 19.3. The average Bonchev–Trinajstić information content (AvgIpc) is 1.58. The number of pyridine rings is 1. The highest BCUT2D eigenvalue weighted by atomic mass is 32.1. The molecule has 0 aliphatic heterocycles. The minimum atomic E-state index is 0.987. The van der Waals surface area contributed by atoms with E-state index in [2.05, 4.69) is 285 Å². The molecule has 7 aromatic heterocycles. The van der Waals surface area contributed by atoms with Crippen LogP contribution in [0.15, 0.2) is 261 Å². The minimum absolute atomic E-state index is 0.987. The van der Waals surface area contributed by atoms with Crippen LogP contribution in [0.2, 0.25) is 0 Å². The number of aryl methyl sites for hydroxylation is 1. The highest BCUT2D eigenvalue weighted by Gasteiger charge is 2.26. The van der Waals surface area contributed by atoms with Crippen molar-refractivity contribution in [2.45, 2.75) is 25.7 Å². The molecule has 2 aliphatic carbocycles. The second-order valence-electron chi connectivity index (χ2n) is 24.3. The zero-order valence-electron chi connectivity index (χ0n) is 48.9. The monoisotopic (exact) mass is 1180 g/mol. The average molecular weight is 1180 g/mol. The van der Waals surface area contributed by atoms with Crippen molar-refractivity contribution in [2.24, 2.45) is 0 Å². The Morgan fingerprint density at radius 1 is 0.333 bits per heavy atom. The van der Waals surface area contributed by atoms with Crippen LogP contribution in [0.4, 0.5) is 0 Å². The standard InChI is InChI=1S/C83H53N5S2/c1-8-33-70-57(22-1)58-23-2-9-34-71(58)88(70)83-82-64(44-45-84-83)68-49-55(41-43-78(68)90-82)87-73-36-11-5-27-66(73)80-62(30-17-38-76(80)87)61-29-16-37-75-79(61)65-26-4-10-35-72(65)86(75)54-40-42-74-67(48-54)59-24-3-7-32-69(59)85(74)53-21-14-19-51(47-53)50-18-13-20-52(46-50)56-28-15-31-63-60-25-6-12-39-77(60)89-81(56)63/h1-2,4-8,10-23,25-33,35-49H,3,9,24,34H2. The van der Waals surface area contributed by atoms with Gasteiger partial charge in [0.1, 0.15) is 0 Å². The number of para-hydroxylation sites is 3. The Morgan fingerprint density at radius 2 is 0.878 bits per heavy atom. The van der Waals surface area contributed by atoms with Gasteiger partial charge >= 0.3 is 0 Å². The predicted molar refractivity (Wildman–Crippen MR) is 383 cm³/mol. The Labute approximate surface area is 525 Å². The van der Waals surface area contributed by atoms with Crippen LogP contribution in [0.5, 0.6) is 0 Å². The smallest absolute Gasteiger partial charge is 0.155 e. The van der Waals surface area contributed by atoms with Gasteiger partial charge in [-0.1, -0.05) is 164 Å². The largest absolute Gasteiger partial charge is 0.310 e. The maximum Gasteiger partial charge on any atom is 0.155 e. The van der Waals surface area contributed by atoms with E-state index in [0.717, 1.165) is 48.6 Å². The highest BCUT2D eigenvalue weighted by Crippen LogP contribution is 2.48. The normalized spacial score (nSPS) is 13.3. The van der Waals surface area contributed by atoms with E-state index in [0.29, 0.717) is 0 Å². The summed E-state index contributed by atoms with van der Waals surface area (Å²) in [6.45, 7) is 0. The van der Waals surface area contributed by atoms with Crippen molar-refractivity contribution in [2.75, 3.05) is 0 Å². The molecule has 0 radical (unpaired) electrons. The van der Waals surface area contributed by atoms with Gasteiger partial charge in [0.05, 0.1) is 37.8 Å². The molecule has 20 rings (SSSR count). The Hall–Kier alpha value is -10.8. The molecule has 0 spiro atoms. The maximum atomic E-state index is 5.16. The van der Waals surface area contributed by atoms with Gasteiger partial charge in [-0.25, -0.2) is 4.98 Å². The summed E-state index contributed by atoms with van der Waals surface area (Å²) in [4.78, 5) is 5.16. The summed E-state index contributed by atoms with van der Waals surface area (Å²) in [5.41, 5.74) is 23.4. The summed E-state index contributed by atoms with van der Waals surface area (Å²) in [5.74, 6) is 1.02. The van der Waals surface area contributed by atoms with E-state index in [4.69, 9.17) is 4.98 Å². The summed E-state index contributed by atoms with van der Waals surface area (Å²) in [5, 5.41) is 12.7. The van der Waals surface area contributed by atoms with Gasteiger partial charge in [0.25, 0.3) is 0 Å². The van der Waals surface area contributed by atoms with Gasteiger partial charge in [-0.2, -0.15) is 0 Å². The molecule has 0 saturated heterocycles. The summed E-state index contributed by atoms with van der Waals surface area (Å²) in [7, 11) is 0. The molecule has 0 atom stereocenters. The topological polar surface area (TPSA) is 32.6 Å². The molecule has 0 N–H and O–H groups in total. The highest BCUT2D eigenvalue weighted by molar-refractivity contribution is 7.26. The molecule has 7 heterocycles. The van der Waals surface area contributed by atoms with Crippen molar-refractivity contribution in [1.29, 1.82) is 0 Å². The van der Waals surface area contributed by atoms with E-state index in [9.17, 15) is 0 Å². The lowest BCUT2D eigenvalue weighted by Gasteiger charge is -2.14. The first kappa shape index (κ1) is 50.2. The van der Waals surface area contributed by atoms with E-state index in [1.165, 1.54) is 162 Å². The first-order chi connectivity index (χ1) is 44.7. The van der Waals surface area contributed by atoms with Crippen LogP contribution < -0.4 is 0 Å². The lowest BCUT2D eigenvalue weighted by Crippen LogP contribution is -2.04. The first-order valence-corrected chi connectivity index (χ1v) is 32.9. The molecule has 11 aromatic carbocycles. The molecular formula is C83H53N5S2. The van der Waals surface area contributed by atoms with Crippen LogP contribution in [0, 0.1) is 0 Å². The van der Waals surface area contributed by atoms with Crippen molar-refractivity contribution in [3.8, 4) is 56.3 Å². The fraction of sp³-hybridized carbons (Fsp3) is 0.0482. The first-order valence-electron chi connectivity index (χ1n) is 31.3. The molecule has 0 unspecified atom stereocenters. The zero-order chi connectivity index (χ0) is 58.7. The summed E-state index contributed by atoms with van der Waals surface area (Å²) >= 11 is 3.74. The second-order valence-corrected chi connectivity index (χ2v) is 26.4. The molecule has 0 fully saturated rings. The van der Waals surface area contributed by atoms with E-state index in [1.807, 2.05) is 28.9 Å². The van der Waals surface area contributed by atoms with Gasteiger partial charge in [-0.3, -0.25) is 4.57 Å². The number of thiophene rings is 2. The van der Waals surface area contributed by atoms with Crippen LogP contribution in [0.3, 0.4) is 0 Å². The zero-order valence-corrected chi connectivity index (χ0v) is 50.5. The van der Waals surface area contributed by atoms with Crippen LogP contribution in [-0.2, 0) is 12.8 Å². The molecule has 0 bridgehead atoms. The number of hydrogen-bond acceptors (Lipinski definition) is 3. The number of aromatic nitrogens is 5. The van der Waals surface area contributed by atoms with Gasteiger partial charge in [0.15, 0.2) is 5.82 Å². The molecule has 90 heavy (non-hydrogen) atoms. The van der Waals surface area contributed by atoms with E-state index in [1.54, 1.807) is 0 Å². The number of hydrogen-bond donors (Lipinski definition) is 0. The van der Waals surface area contributed by atoms with Crippen molar-refractivity contribution >= 4 is 141 Å². The van der Waals surface area contributed by atoms with Crippen molar-refractivity contribution in [3.63, 3.8) is 0 Å². The van der Waals surface area contributed by atoms with Crippen molar-refractivity contribution in [1.82, 2.24) is 23.3 Å². The van der Waals surface area contributed by atoms with Gasteiger partial charge in [-0.15, -0.1) is 22.7 Å². The number of rotatable bonds is 7. The molecule has 7 heteroatoms. The van der Waals surface area contributed by atoms with Gasteiger partial charge in [0.2, 0.25) is 0 Å². The number of nitrogens with zero attached hydrogens (tertiary/aromatic N) is 5. The van der Waals surface area contributed by atoms with Gasteiger partial charge in [0, 0.05) is 108 Å². The quantitative estimate of drug-likeness (QED) is 0.157. The Kier molecular flexibility index (Phi) is 10.8. The van der Waals surface area contributed by atoms with E-state index < -0.39 is 0 Å². The Morgan fingerprint density at radius 3 is 1.67 bits per heavy atom. The predicted octanol–water partition coefficient (Wildman–Crippen LogP) is 22.8. The van der Waals surface area contributed by atoms with E-state index in [-0.39, 0.29) is 0 Å². The number of allylic oxidation sites excluding steroid dienone is 2. The third-order valence-corrected chi connectivity index (χ3v) is 22.0. The molecular weight excluding hydrogens is 1130 g/mol. The molecule has 18 aromatic rings. The summed E-state index contributed by atoms with van der Waals surface area (Å²) < 4.78 is 15.1. The van der Waals surface area contributed by atoms with Crippen LogP contribution in [0.25, 0.3) is 174 Å². The van der Waals surface area contributed by atoms with Crippen LogP contribution in [0.1, 0.15) is 35.4 Å². The fourth-order valence-corrected chi connectivity index (χ4v) is 18.1. The lowest BCUT2D eigenvalue weighted by atomic mass is 9.95.